The van der Waals surface area contributed by atoms with Gasteiger partial charge in [0.15, 0.2) is 6.10 Å². The summed E-state index contributed by atoms with van der Waals surface area (Å²) in [5.74, 6) is 1.05. The lowest BCUT2D eigenvalue weighted by Gasteiger charge is -2.18. The first-order valence-electron chi connectivity index (χ1n) is 11.1. The van der Waals surface area contributed by atoms with Gasteiger partial charge in [-0.1, -0.05) is 13.0 Å². The Morgan fingerprint density at radius 2 is 1.66 bits per heavy atom. The minimum atomic E-state index is -3.43. The Kier molecular flexibility index (Phi) is 8.15. The highest BCUT2D eigenvalue weighted by atomic mass is 32.2. The normalized spacial score (nSPS) is 15.3. The first-order chi connectivity index (χ1) is 15.3. The Balaban J connectivity index is 1.46. The molecular weight excluding hydrogens is 428 g/mol. The number of carbonyl (C=O) groups is 1. The summed E-state index contributed by atoms with van der Waals surface area (Å²) in [4.78, 5) is 12.8. The van der Waals surface area contributed by atoms with Gasteiger partial charge >= 0.3 is 0 Å². The zero-order valence-electron chi connectivity index (χ0n) is 19.0. The fourth-order valence-corrected chi connectivity index (χ4v) is 5.25. The van der Waals surface area contributed by atoms with E-state index < -0.39 is 16.1 Å². The lowest BCUT2D eigenvalue weighted by atomic mass is 10.1. The van der Waals surface area contributed by atoms with Gasteiger partial charge in [-0.2, -0.15) is 4.31 Å². The lowest BCUT2D eigenvalue weighted by molar-refractivity contribution is -0.128. The van der Waals surface area contributed by atoms with Crippen LogP contribution in [0.5, 0.6) is 11.5 Å². The predicted octanol–water partition coefficient (Wildman–Crippen LogP) is 3.44. The van der Waals surface area contributed by atoms with Crippen LogP contribution >= 0.6 is 0 Å². The molecular formula is C24H32N2O5S. The van der Waals surface area contributed by atoms with E-state index in [-0.39, 0.29) is 17.4 Å². The second kappa shape index (κ2) is 10.8. The van der Waals surface area contributed by atoms with Crippen molar-refractivity contribution >= 4 is 15.9 Å². The number of hydrogen-bond donors (Lipinski definition) is 1. The lowest BCUT2D eigenvalue weighted by Crippen LogP contribution is -2.39. The standard InChI is InChI=1S/C24H32N2O5S/c1-4-23(31-21-16-18(2)15-19(3)17-21)24(27)25-11-14-30-20-7-9-22(10-8-20)32(28,29)26-12-5-6-13-26/h7-10,15-17,23H,4-6,11-14H2,1-3H3,(H,25,27)/t23-/m0/s1. The quantitative estimate of drug-likeness (QED) is 0.549. The van der Waals surface area contributed by atoms with Crippen molar-refractivity contribution in [2.45, 2.75) is 51.0 Å². The van der Waals surface area contributed by atoms with Crippen LogP contribution in [-0.2, 0) is 14.8 Å². The van der Waals surface area contributed by atoms with E-state index in [2.05, 4.69) is 11.4 Å². The van der Waals surface area contributed by atoms with E-state index in [9.17, 15) is 13.2 Å². The summed E-state index contributed by atoms with van der Waals surface area (Å²) in [6, 6.07) is 12.3. The number of carbonyl (C=O) groups excluding carboxylic acids is 1. The maximum Gasteiger partial charge on any atom is 0.261 e. The molecule has 0 radical (unpaired) electrons. The molecule has 32 heavy (non-hydrogen) atoms. The smallest absolute Gasteiger partial charge is 0.261 e. The Labute approximate surface area is 190 Å². The Bertz CT molecular complexity index is 995. The van der Waals surface area contributed by atoms with Crippen LogP contribution in [-0.4, -0.2) is 51.0 Å². The summed E-state index contributed by atoms with van der Waals surface area (Å²) in [7, 11) is -3.43. The molecule has 2 aromatic carbocycles. The number of benzene rings is 2. The second-order valence-corrected chi connectivity index (χ2v) is 10.00. The molecule has 0 bridgehead atoms. The first kappa shape index (κ1) is 24.1. The summed E-state index contributed by atoms with van der Waals surface area (Å²) in [5, 5.41) is 2.83. The average Bonchev–Trinajstić information content (AvgIpc) is 3.30. The number of ether oxygens (including phenoxy) is 2. The van der Waals surface area contributed by atoms with Gasteiger partial charge < -0.3 is 14.8 Å². The highest BCUT2D eigenvalue weighted by Gasteiger charge is 2.27. The molecule has 174 valence electrons. The van der Waals surface area contributed by atoms with Crippen molar-refractivity contribution < 1.29 is 22.7 Å². The van der Waals surface area contributed by atoms with Crippen molar-refractivity contribution in [3.05, 3.63) is 53.6 Å². The molecule has 1 N–H and O–H groups in total. The van der Waals surface area contributed by atoms with Crippen molar-refractivity contribution in [3.63, 3.8) is 0 Å². The summed E-state index contributed by atoms with van der Waals surface area (Å²) in [5.41, 5.74) is 2.17. The van der Waals surface area contributed by atoms with Crippen LogP contribution in [0.15, 0.2) is 47.4 Å². The van der Waals surface area contributed by atoms with Crippen LogP contribution in [0.3, 0.4) is 0 Å². The van der Waals surface area contributed by atoms with Crippen molar-refractivity contribution in [2.75, 3.05) is 26.2 Å². The third-order valence-corrected chi connectivity index (χ3v) is 7.25. The topological polar surface area (TPSA) is 84.9 Å². The molecule has 0 saturated carbocycles. The molecule has 8 heteroatoms. The van der Waals surface area contributed by atoms with Crippen LogP contribution in [0.4, 0.5) is 0 Å². The van der Waals surface area contributed by atoms with Gasteiger partial charge in [-0.15, -0.1) is 0 Å². The highest BCUT2D eigenvalue weighted by molar-refractivity contribution is 7.89. The molecule has 0 unspecified atom stereocenters. The number of hydrogen-bond acceptors (Lipinski definition) is 5. The fourth-order valence-electron chi connectivity index (χ4n) is 3.73. The van der Waals surface area contributed by atoms with Gasteiger partial charge in [-0.25, -0.2) is 8.42 Å². The van der Waals surface area contributed by atoms with Gasteiger partial charge in [0, 0.05) is 13.1 Å². The zero-order valence-corrected chi connectivity index (χ0v) is 19.8. The third-order valence-electron chi connectivity index (χ3n) is 5.33. The molecule has 0 aromatic heterocycles. The van der Waals surface area contributed by atoms with Crippen molar-refractivity contribution in [2.24, 2.45) is 0 Å². The molecule has 1 amide bonds. The molecule has 1 saturated heterocycles. The largest absolute Gasteiger partial charge is 0.492 e. The van der Waals surface area contributed by atoms with Crippen LogP contribution in [0.2, 0.25) is 0 Å². The zero-order chi connectivity index (χ0) is 23.1. The number of rotatable bonds is 10. The van der Waals surface area contributed by atoms with Crippen LogP contribution < -0.4 is 14.8 Å². The molecule has 7 nitrogen and oxygen atoms in total. The molecule has 3 rings (SSSR count). The van der Waals surface area contributed by atoms with Crippen LogP contribution in [0.25, 0.3) is 0 Å². The number of sulfonamides is 1. The van der Waals surface area contributed by atoms with E-state index >= 15 is 0 Å². The van der Waals surface area contributed by atoms with Gasteiger partial charge in [0.05, 0.1) is 11.4 Å². The molecule has 1 heterocycles. The van der Waals surface area contributed by atoms with E-state index in [1.807, 2.05) is 32.9 Å². The summed E-state index contributed by atoms with van der Waals surface area (Å²) >= 11 is 0. The summed E-state index contributed by atoms with van der Waals surface area (Å²) in [6.45, 7) is 7.63. The van der Waals surface area contributed by atoms with Gasteiger partial charge in [0.25, 0.3) is 5.91 Å². The van der Waals surface area contributed by atoms with E-state index in [0.717, 1.165) is 24.0 Å². The Hall–Kier alpha value is -2.58. The van der Waals surface area contributed by atoms with E-state index in [4.69, 9.17) is 9.47 Å². The number of nitrogens with zero attached hydrogens (tertiary/aromatic N) is 1. The first-order valence-corrected chi connectivity index (χ1v) is 12.5. The minimum Gasteiger partial charge on any atom is -0.492 e. The third kappa shape index (κ3) is 6.23. The molecule has 0 spiro atoms. The van der Waals surface area contributed by atoms with E-state index in [0.29, 0.717) is 37.6 Å². The molecule has 0 aliphatic carbocycles. The average molecular weight is 461 g/mol. The Morgan fingerprint density at radius 3 is 2.25 bits per heavy atom. The van der Waals surface area contributed by atoms with Gasteiger partial charge in [0.1, 0.15) is 18.1 Å². The SMILES string of the molecule is CC[C@H](Oc1cc(C)cc(C)c1)C(=O)NCCOc1ccc(S(=O)(=O)N2CCCC2)cc1. The van der Waals surface area contributed by atoms with Gasteiger partial charge in [-0.3, -0.25) is 4.79 Å². The van der Waals surface area contributed by atoms with Crippen molar-refractivity contribution in [1.29, 1.82) is 0 Å². The van der Waals surface area contributed by atoms with Gasteiger partial charge in [0.2, 0.25) is 10.0 Å². The number of nitrogens with one attached hydrogen (secondary N) is 1. The van der Waals surface area contributed by atoms with Crippen molar-refractivity contribution in [1.82, 2.24) is 9.62 Å². The minimum absolute atomic E-state index is 0.192. The van der Waals surface area contributed by atoms with E-state index in [1.54, 1.807) is 24.3 Å². The van der Waals surface area contributed by atoms with Gasteiger partial charge in [-0.05, 0) is 80.6 Å². The fraction of sp³-hybridized carbons (Fsp3) is 0.458. The summed E-state index contributed by atoms with van der Waals surface area (Å²) in [6.07, 6.45) is 1.78. The molecule has 1 aliphatic rings. The van der Waals surface area contributed by atoms with Crippen molar-refractivity contribution in [3.8, 4) is 11.5 Å². The van der Waals surface area contributed by atoms with E-state index in [1.165, 1.54) is 4.31 Å². The van der Waals surface area contributed by atoms with Crippen LogP contribution in [0.1, 0.15) is 37.3 Å². The predicted molar refractivity (Wildman–Crippen MR) is 124 cm³/mol. The summed E-state index contributed by atoms with van der Waals surface area (Å²) < 4.78 is 38.2. The molecule has 2 aromatic rings. The molecule has 1 aliphatic heterocycles. The maximum absolute atomic E-state index is 12.6. The van der Waals surface area contributed by atoms with Crippen LogP contribution in [0, 0.1) is 13.8 Å². The molecule has 1 fully saturated rings. The molecule has 1 atom stereocenters. The second-order valence-electron chi connectivity index (χ2n) is 8.06. The maximum atomic E-state index is 12.6. The highest BCUT2D eigenvalue weighted by Crippen LogP contribution is 2.23. The Morgan fingerprint density at radius 1 is 1.03 bits per heavy atom. The monoisotopic (exact) mass is 460 g/mol. The number of aryl methyl sites for hydroxylation is 2. The number of amides is 1.